The normalized spacial score (nSPS) is 16.0. The molecule has 0 aliphatic heterocycles. The lowest BCUT2D eigenvalue weighted by Crippen LogP contribution is -2.30. The maximum Gasteiger partial charge on any atom is 0.277 e. The minimum atomic E-state index is -0.147. The zero-order valence-corrected chi connectivity index (χ0v) is 15.9. The van der Waals surface area contributed by atoms with E-state index in [0.29, 0.717) is 23.1 Å². The zero-order valence-electron chi connectivity index (χ0n) is 15.1. The van der Waals surface area contributed by atoms with E-state index in [-0.39, 0.29) is 11.5 Å². The third-order valence-electron chi connectivity index (χ3n) is 4.99. The standard InChI is InChI=1S/C20H19ClN4O2/c1-12-9-22-20(23-10-12)25-19(26)16-7-6-13(8-14(16)11-24-25)15-4-3-5-17(27-2)18(15)21/h3-5,9-11,13H,6-8H2,1-2H3/t13-/m0/s1. The number of rotatable bonds is 3. The number of ether oxygens (including phenoxy) is 1. The summed E-state index contributed by atoms with van der Waals surface area (Å²) < 4.78 is 6.60. The quantitative estimate of drug-likeness (QED) is 0.695. The molecule has 3 aromatic rings. The molecule has 1 aliphatic rings. The summed E-state index contributed by atoms with van der Waals surface area (Å²) in [5.74, 6) is 1.20. The number of halogens is 1. The first-order chi connectivity index (χ1) is 13.1. The summed E-state index contributed by atoms with van der Waals surface area (Å²) in [6, 6.07) is 5.82. The molecule has 0 saturated carbocycles. The highest BCUT2D eigenvalue weighted by Gasteiger charge is 2.26. The number of benzene rings is 1. The Morgan fingerprint density at radius 3 is 2.74 bits per heavy atom. The zero-order chi connectivity index (χ0) is 19.0. The van der Waals surface area contributed by atoms with Crippen LogP contribution in [-0.2, 0) is 12.8 Å². The second-order valence-electron chi connectivity index (χ2n) is 6.73. The van der Waals surface area contributed by atoms with Crippen LogP contribution >= 0.6 is 11.6 Å². The number of methoxy groups -OCH3 is 1. The molecule has 0 unspecified atom stereocenters. The van der Waals surface area contributed by atoms with Crippen LogP contribution in [0.15, 0.2) is 41.6 Å². The lowest BCUT2D eigenvalue weighted by atomic mass is 9.81. The van der Waals surface area contributed by atoms with Crippen molar-refractivity contribution in [3.63, 3.8) is 0 Å². The van der Waals surface area contributed by atoms with Crippen molar-refractivity contribution in [3.8, 4) is 11.7 Å². The largest absolute Gasteiger partial charge is 0.495 e. The first-order valence-electron chi connectivity index (χ1n) is 8.80. The minimum Gasteiger partial charge on any atom is -0.495 e. The fourth-order valence-corrected chi connectivity index (χ4v) is 3.91. The first kappa shape index (κ1) is 17.7. The number of aromatic nitrogens is 4. The van der Waals surface area contributed by atoms with E-state index in [9.17, 15) is 4.79 Å². The molecule has 0 N–H and O–H groups in total. The molecule has 0 saturated heterocycles. The van der Waals surface area contributed by atoms with E-state index < -0.39 is 0 Å². The number of hydrogen-bond donors (Lipinski definition) is 0. The van der Waals surface area contributed by atoms with E-state index in [1.807, 2.05) is 25.1 Å². The monoisotopic (exact) mass is 382 g/mol. The molecule has 2 heterocycles. The van der Waals surface area contributed by atoms with Gasteiger partial charge in [-0.15, -0.1) is 0 Å². The van der Waals surface area contributed by atoms with Gasteiger partial charge < -0.3 is 4.74 Å². The highest BCUT2D eigenvalue weighted by atomic mass is 35.5. The van der Waals surface area contributed by atoms with E-state index in [2.05, 4.69) is 15.1 Å². The number of fused-ring (bicyclic) bond motifs is 1. The van der Waals surface area contributed by atoms with Crippen LogP contribution in [0.1, 0.15) is 34.6 Å². The molecule has 6 nitrogen and oxygen atoms in total. The topological polar surface area (TPSA) is 69.9 Å². The third-order valence-corrected chi connectivity index (χ3v) is 5.39. The van der Waals surface area contributed by atoms with Crippen molar-refractivity contribution in [1.82, 2.24) is 19.7 Å². The Labute approximate surface area is 161 Å². The molecular weight excluding hydrogens is 364 g/mol. The first-order valence-corrected chi connectivity index (χ1v) is 9.17. The summed E-state index contributed by atoms with van der Waals surface area (Å²) in [4.78, 5) is 21.3. The van der Waals surface area contributed by atoms with Crippen LogP contribution in [0.3, 0.4) is 0 Å². The number of hydrogen-bond acceptors (Lipinski definition) is 5. The van der Waals surface area contributed by atoms with Gasteiger partial charge in [-0.3, -0.25) is 4.79 Å². The highest BCUT2D eigenvalue weighted by molar-refractivity contribution is 6.32. The average Bonchev–Trinajstić information content (AvgIpc) is 2.69. The molecule has 1 aromatic carbocycles. The minimum absolute atomic E-state index is 0.147. The molecule has 138 valence electrons. The van der Waals surface area contributed by atoms with Gasteiger partial charge in [-0.25, -0.2) is 9.97 Å². The summed E-state index contributed by atoms with van der Waals surface area (Å²) >= 11 is 6.50. The van der Waals surface area contributed by atoms with Gasteiger partial charge in [-0.05, 0) is 54.9 Å². The molecule has 0 spiro atoms. The molecule has 0 fully saturated rings. The van der Waals surface area contributed by atoms with Crippen molar-refractivity contribution < 1.29 is 4.74 Å². The van der Waals surface area contributed by atoms with Crippen LogP contribution in [0.4, 0.5) is 0 Å². The molecule has 0 radical (unpaired) electrons. The van der Waals surface area contributed by atoms with Crippen molar-refractivity contribution in [3.05, 3.63) is 74.4 Å². The van der Waals surface area contributed by atoms with Crippen LogP contribution in [-0.4, -0.2) is 26.9 Å². The Balaban J connectivity index is 1.68. The van der Waals surface area contributed by atoms with Gasteiger partial charge in [-0.2, -0.15) is 9.78 Å². The fraction of sp³-hybridized carbons (Fsp3) is 0.300. The van der Waals surface area contributed by atoms with Crippen molar-refractivity contribution in [1.29, 1.82) is 0 Å². The van der Waals surface area contributed by atoms with Crippen LogP contribution in [0.25, 0.3) is 5.95 Å². The SMILES string of the molecule is COc1cccc([C@H]2CCc3c(cnn(-c4ncc(C)cn4)c3=O)C2)c1Cl. The molecule has 4 rings (SSSR count). The summed E-state index contributed by atoms with van der Waals surface area (Å²) in [7, 11) is 1.61. The van der Waals surface area contributed by atoms with Gasteiger partial charge in [0.1, 0.15) is 5.75 Å². The van der Waals surface area contributed by atoms with Gasteiger partial charge in [0.2, 0.25) is 0 Å². The van der Waals surface area contributed by atoms with Crippen molar-refractivity contribution in [2.24, 2.45) is 0 Å². The van der Waals surface area contributed by atoms with Crippen molar-refractivity contribution in [2.75, 3.05) is 7.11 Å². The smallest absolute Gasteiger partial charge is 0.277 e. The van der Waals surface area contributed by atoms with Gasteiger partial charge in [0, 0.05) is 18.0 Å². The summed E-state index contributed by atoms with van der Waals surface area (Å²) in [5, 5.41) is 4.94. The number of nitrogens with zero attached hydrogens (tertiary/aromatic N) is 4. The second kappa shape index (κ2) is 7.12. The summed E-state index contributed by atoms with van der Waals surface area (Å²) in [5.41, 5.74) is 3.57. The Bertz CT molecular complexity index is 1050. The van der Waals surface area contributed by atoms with E-state index in [4.69, 9.17) is 16.3 Å². The predicted molar refractivity (Wildman–Crippen MR) is 103 cm³/mol. The molecule has 0 bridgehead atoms. The van der Waals surface area contributed by atoms with Crippen molar-refractivity contribution in [2.45, 2.75) is 32.1 Å². The van der Waals surface area contributed by atoms with E-state index in [0.717, 1.165) is 35.1 Å². The summed E-state index contributed by atoms with van der Waals surface area (Å²) in [6.45, 7) is 1.90. The van der Waals surface area contributed by atoms with Gasteiger partial charge in [0.15, 0.2) is 0 Å². The molecule has 1 atom stereocenters. The Morgan fingerprint density at radius 2 is 2.00 bits per heavy atom. The van der Waals surface area contributed by atoms with Crippen LogP contribution < -0.4 is 10.3 Å². The van der Waals surface area contributed by atoms with Crippen LogP contribution in [0.2, 0.25) is 5.02 Å². The maximum absolute atomic E-state index is 12.9. The van der Waals surface area contributed by atoms with E-state index in [1.165, 1.54) is 4.68 Å². The lowest BCUT2D eigenvalue weighted by molar-refractivity contribution is 0.413. The van der Waals surface area contributed by atoms with Gasteiger partial charge in [0.25, 0.3) is 11.5 Å². The van der Waals surface area contributed by atoms with E-state index >= 15 is 0 Å². The molecule has 1 aliphatic carbocycles. The predicted octanol–water partition coefficient (Wildman–Crippen LogP) is 3.27. The van der Waals surface area contributed by atoms with Crippen LogP contribution in [0, 0.1) is 6.92 Å². The molecule has 2 aromatic heterocycles. The third kappa shape index (κ3) is 3.21. The fourth-order valence-electron chi connectivity index (χ4n) is 3.56. The van der Waals surface area contributed by atoms with E-state index in [1.54, 1.807) is 25.7 Å². The maximum atomic E-state index is 12.9. The molecule has 27 heavy (non-hydrogen) atoms. The Kier molecular flexibility index (Phi) is 4.66. The Hall–Kier alpha value is -2.73. The second-order valence-corrected chi connectivity index (χ2v) is 7.11. The van der Waals surface area contributed by atoms with Gasteiger partial charge >= 0.3 is 0 Å². The molecule has 0 amide bonds. The average molecular weight is 383 g/mol. The van der Waals surface area contributed by atoms with Gasteiger partial charge in [0.05, 0.1) is 18.3 Å². The molecular formula is C20H19ClN4O2. The lowest BCUT2D eigenvalue weighted by Gasteiger charge is -2.25. The molecule has 7 heteroatoms. The van der Waals surface area contributed by atoms with Gasteiger partial charge in [-0.1, -0.05) is 23.7 Å². The summed E-state index contributed by atoms with van der Waals surface area (Å²) in [6.07, 6.45) is 7.34. The Morgan fingerprint density at radius 1 is 1.22 bits per heavy atom. The van der Waals surface area contributed by atoms with Crippen LogP contribution in [0.5, 0.6) is 5.75 Å². The highest BCUT2D eigenvalue weighted by Crippen LogP contribution is 2.38. The number of aryl methyl sites for hydroxylation is 1. The van der Waals surface area contributed by atoms with Crippen molar-refractivity contribution >= 4 is 11.6 Å².